The number of aryl methyl sites for hydroxylation is 1. The van der Waals surface area contributed by atoms with E-state index in [1.807, 2.05) is 20.8 Å². The van der Waals surface area contributed by atoms with Crippen molar-refractivity contribution < 1.29 is 18.0 Å². The zero-order valence-electron chi connectivity index (χ0n) is 16.5. The van der Waals surface area contributed by atoms with Crippen molar-refractivity contribution in [3.8, 4) is 11.3 Å². The Morgan fingerprint density at radius 3 is 2.41 bits per heavy atom. The molecule has 1 aromatic heterocycles. The van der Waals surface area contributed by atoms with Crippen LogP contribution in [0.15, 0.2) is 30.3 Å². The van der Waals surface area contributed by atoms with Crippen molar-refractivity contribution in [2.45, 2.75) is 63.3 Å². The van der Waals surface area contributed by atoms with Crippen molar-refractivity contribution in [2.24, 2.45) is 0 Å². The summed E-state index contributed by atoms with van der Waals surface area (Å²) in [6.07, 6.45) is -2.27. The molecule has 0 aliphatic carbocycles. The third-order valence-corrected chi connectivity index (χ3v) is 5.63. The first-order valence-corrected chi connectivity index (χ1v) is 9.61. The second-order valence-corrected chi connectivity index (χ2v) is 8.66. The summed E-state index contributed by atoms with van der Waals surface area (Å²) >= 11 is 0. The second-order valence-electron chi connectivity index (χ2n) is 8.66. The van der Waals surface area contributed by atoms with E-state index in [2.05, 4.69) is 20.6 Å². The number of nitrogens with one attached hydrogen (secondary N) is 2. The fourth-order valence-electron chi connectivity index (χ4n) is 4.41. The lowest BCUT2D eigenvalue weighted by Crippen LogP contribution is -2.47. The van der Waals surface area contributed by atoms with Crippen LogP contribution in [0.4, 0.5) is 13.2 Å². The Morgan fingerprint density at radius 2 is 1.83 bits per heavy atom. The molecule has 0 radical (unpaired) electrons. The third-order valence-electron chi connectivity index (χ3n) is 5.63. The van der Waals surface area contributed by atoms with Crippen LogP contribution in [0, 0.1) is 6.92 Å². The van der Waals surface area contributed by atoms with Gasteiger partial charge in [0.2, 0.25) is 5.91 Å². The zero-order valence-corrected chi connectivity index (χ0v) is 16.5. The van der Waals surface area contributed by atoms with Gasteiger partial charge in [0.25, 0.3) is 0 Å². The minimum absolute atomic E-state index is 0.000570. The molecule has 0 bridgehead atoms. The smallest absolute Gasteiger partial charge is 0.350 e. The van der Waals surface area contributed by atoms with Crippen molar-refractivity contribution in [3.63, 3.8) is 0 Å². The molecule has 1 aromatic carbocycles. The summed E-state index contributed by atoms with van der Waals surface area (Å²) in [6, 6.07) is 6.53. The molecular weight excluding hydrogens is 381 g/mol. The van der Waals surface area contributed by atoms with Crippen LogP contribution in [-0.4, -0.2) is 27.0 Å². The molecule has 4 rings (SSSR count). The molecule has 154 valence electrons. The van der Waals surface area contributed by atoms with Gasteiger partial charge in [0, 0.05) is 16.8 Å². The van der Waals surface area contributed by atoms with Gasteiger partial charge < -0.3 is 5.32 Å². The molecule has 29 heavy (non-hydrogen) atoms. The number of carbonyl (C=O) groups is 1. The van der Waals surface area contributed by atoms with Crippen molar-refractivity contribution in [1.82, 2.24) is 20.6 Å². The maximum atomic E-state index is 12.8. The van der Waals surface area contributed by atoms with Crippen molar-refractivity contribution in [3.05, 3.63) is 47.4 Å². The van der Waals surface area contributed by atoms with E-state index < -0.39 is 17.3 Å². The quantitative estimate of drug-likeness (QED) is 0.796. The van der Waals surface area contributed by atoms with E-state index in [0.717, 1.165) is 24.2 Å². The number of nitrogens with zero attached hydrogens (tertiary/aromatic N) is 2. The number of alkyl halides is 3. The molecule has 5 nitrogen and oxygen atoms in total. The van der Waals surface area contributed by atoms with Crippen molar-refractivity contribution in [2.75, 3.05) is 0 Å². The highest BCUT2D eigenvalue weighted by atomic mass is 19.4. The average Bonchev–Trinajstić information content (AvgIpc) is 3.14. The highest BCUT2D eigenvalue weighted by molar-refractivity contribution is 5.90. The monoisotopic (exact) mass is 404 g/mol. The standard InChI is InChI=1S/C21H23F3N4O/c1-12-10-16(13-4-6-14(7-5-13)21(22,23)24)26-17(25-12)15-8-9-20(27-15)11-19(2,3)28-18(20)29/h4-7,10,15,27H,8-9,11H2,1-3H3,(H,28,29)/t15-,20-/m0/s1. The number of hydrogen-bond donors (Lipinski definition) is 2. The number of carbonyl (C=O) groups excluding carboxylic acids is 1. The van der Waals surface area contributed by atoms with Gasteiger partial charge in [-0.3, -0.25) is 10.1 Å². The minimum atomic E-state index is -4.37. The predicted molar refractivity (Wildman–Crippen MR) is 102 cm³/mol. The summed E-state index contributed by atoms with van der Waals surface area (Å²) in [7, 11) is 0. The van der Waals surface area contributed by atoms with Gasteiger partial charge in [-0.2, -0.15) is 13.2 Å². The first-order valence-electron chi connectivity index (χ1n) is 9.61. The number of benzene rings is 1. The Labute approximate surface area is 167 Å². The molecule has 2 aliphatic heterocycles. The zero-order chi connectivity index (χ0) is 21.0. The number of amides is 1. The second kappa shape index (κ2) is 6.52. The van der Waals surface area contributed by atoms with Crippen molar-refractivity contribution in [1.29, 1.82) is 0 Å². The predicted octanol–water partition coefficient (Wildman–Crippen LogP) is 3.93. The molecule has 3 heterocycles. The Hall–Kier alpha value is -2.48. The summed E-state index contributed by atoms with van der Waals surface area (Å²) < 4.78 is 38.5. The van der Waals surface area contributed by atoms with Gasteiger partial charge in [0.05, 0.1) is 17.3 Å². The first kappa shape index (κ1) is 19.8. The summed E-state index contributed by atoms with van der Waals surface area (Å²) in [5.41, 5.74) is 0.316. The van der Waals surface area contributed by atoms with Gasteiger partial charge in [-0.05, 0) is 58.2 Å². The summed E-state index contributed by atoms with van der Waals surface area (Å²) in [5, 5.41) is 6.47. The number of rotatable bonds is 2. The third kappa shape index (κ3) is 3.73. The van der Waals surface area contributed by atoms with E-state index in [4.69, 9.17) is 0 Å². The summed E-state index contributed by atoms with van der Waals surface area (Å²) in [6.45, 7) is 5.83. The summed E-state index contributed by atoms with van der Waals surface area (Å²) in [4.78, 5) is 21.7. The van der Waals surface area contributed by atoms with Crippen LogP contribution < -0.4 is 10.6 Å². The van der Waals surface area contributed by atoms with Crippen LogP contribution in [0.3, 0.4) is 0 Å². The molecule has 8 heteroatoms. The van der Waals surface area contributed by atoms with Crippen LogP contribution in [-0.2, 0) is 11.0 Å². The molecule has 2 atom stereocenters. The van der Waals surface area contributed by atoms with E-state index >= 15 is 0 Å². The van der Waals surface area contributed by atoms with E-state index in [9.17, 15) is 18.0 Å². The molecule has 0 saturated carbocycles. The lowest BCUT2D eigenvalue weighted by atomic mass is 9.88. The fraction of sp³-hybridized carbons (Fsp3) is 0.476. The largest absolute Gasteiger partial charge is 0.416 e. The Balaban J connectivity index is 1.61. The molecule has 2 aromatic rings. The molecule has 2 fully saturated rings. The van der Waals surface area contributed by atoms with Gasteiger partial charge in [-0.15, -0.1) is 0 Å². The topological polar surface area (TPSA) is 66.9 Å². The Kier molecular flexibility index (Phi) is 4.45. The Bertz CT molecular complexity index is 955. The molecule has 2 aliphatic rings. The number of hydrogen-bond acceptors (Lipinski definition) is 4. The van der Waals surface area contributed by atoms with Crippen LogP contribution in [0.5, 0.6) is 0 Å². The van der Waals surface area contributed by atoms with Gasteiger partial charge in [-0.1, -0.05) is 12.1 Å². The SMILES string of the molecule is Cc1cc(-c2ccc(C(F)(F)F)cc2)nc([C@@H]2CC[C@@]3(CC(C)(C)NC3=O)N2)n1. The van der Waals surface area contributed by atoms with Crippen LogP contribution in [0.1, 0.15) is 56.2 Å². The molecule has 2 N–H and O–H groups in total. The maximum absolute atomic E-state index is 12.8. The normalized spacial score (nSPS) is 26.1. The number of halogens is 3. The van der Waals surface area contributed by atoms with Crippen molar-refractivity contribution >= 4 is 5.91 Å². The molecule has 1 spiro atoms. The van der Waals surface area contributed by atoms with E-state index in [1.54, 1.807) is 6.07 Å². The number of aromatic nitrogens is 2. The average molecular weight is 404 g/mol. The van der Waals surface area contributed by atoms with Crippen LogP contribution in [0.25, 0.3) is 11.3 Å². The van der Waals surface area contributed by atoms with E-state index in [0.29, 0.717) is 29.9 Å². The highest BCUT2D eigenvalue weighted by Gasteiger charge is 2.54. The van der Waals surface area contributed by atoms with E-state index in [-0.39, 0.29) is 17.5 Å². The van der Waals surface area contributed by atoms with Gasteiger partial charge >= 0.3 is 6.18 Å². The highest BCUT2D eigenvalue weighted by Crippen LogP contribution is 2.41. The fourth-order valence-corrected chi connectivity index (χ4v) is 4.41. The lowest BCUT2D eigenvalue weighted by Gasteiger charge is -2.23. The molecule has 1 amide bonds. The molecule has 0 unspecified atom stereocenters. The van der Waals surface area contributed by atoms with Crippen LogP contribution >= 0.6 is 0 Å². The van der Waals surface area contributed by atoms with Gasteiger partial charge in [0.15, 0.2) is 0 Å². The van der Waals surface area contributed by atoms with E-state index in [1.165, 1.54) is 12.1 Å². The summed E-state index contributed by atoms with van der Waals surface area (Å²) in [5.74, 6) is 0.565. The molecular formula is C21H23F3N4O. The van der Waals surface area contributed by atoms with Gasteiger partial charge in [-0.25, -0.2) is 9.97 Å². The lowest BCUT2D eigenvalue weighted by molar-refractivity contribution is -0.137. The first-order chi connectivity index (χ1) is 13.5. The van der Waals surface area contributed by atoms with Crippen LogP contribution in [0.2, 0.25) is 0 Å². The van der Waals surface area contributed by atoms with Gasteiger partial charge in [0.1, 0.15) is 11.4 Å². The molecule has 2 saturated heterocycles. The minimum Gasteiger partial charge on any atom is -0.350 e. The Morgan fingerprint density at radius 1 is 1.14 bits per heavy atom. The maximum Gasteiger partial charge on any atom is 0.416 e.